The average Bonchev–Trinajstić information content (AvgIpc) is 2.33. The highest BCUT2D eigenvalue weighted by Crippen LogP contribution is 2.32. The molecule has 0 spiro atoms. The van der Waals surface area contributed by atoms with Crippen LogP contribution in [0, 0.1) is 5.92 Å². The molecule has 1 amide bonds. The fraction of sp³-hybridized carbons (Fsp3) is 0.923. The number of primary amides is 1. The lowest BCUT2D eigenvalue weighted by atomic mass is 9.79. The molecule has 1 aliphatic carbocycles. The van der Waals surface area contributed by atoms with Crippen molar-refractivity contribution in [2.45, 2.75) is 44.3 Å². The third-order valence-corrected chi connectivity index (χ3v) is 4.19. The van der Waals surface area contributed by atoms with E-state index in [9.17, 15) is 9.90 Å². The van der Waals surface area contributed by atoms with E-state index < -0.39 is 17.6 Å². The van der Waals surface area contributed by atoms with Crippen LogP contribution in [0.4, 0.5) is 0 Å². The van der Waals surface area contributed by atoms with Crippen LogP contribution in [0.5, 0.6) is 0 Å². The summed E-state index contributed by atoms with van der Waals surface area (Å²) >= 11 is 0. The van der Waals surface area contributed by atoms with Crippen molar-refractivity contribution >= 4 is 5.91 Å². The van der Waals surface area contributed by atoms with E-state index in [0.717, 1.165) is 32.2 Å². The standard InChI is InChI=1S/C13H24N2O3/c1-10-2-4-13(17,5-3-10)9-15-6-7-18-11(8-15)12(14)16/h10-11,17H,2-9H2,1H3,(H2,14,16). The largest absolute Gasteiger partial charge is 0.389 e. The Bertz CT molecular complexity index is 301. The molecule has 0 radical (unpaired) electrons. The number of carbonyl (C=O) groups is 1. The molecular weight excluding hydrogens is 232 g/mol. The molecule has 2 rings (SSSR count). The summed E-state index contributed by atoms with van der Waals surface area (Å²) < 4.78 is 5.31. The Kier molecular flexibility index (Phi) is 4.25. The van der Waals surface area contributed by atoms with Gasteiger partial charge >= 0.3 is 0 Å². The van der Waals surface area contributed by atoms with Crippen LogP contribution in [-0.4, -0.2) is 53.9 Å². The van der Waals surface area contributed by atoms with Gasteiger partial charge in [-0.25, -0.2) is 0 Å². The second kappa shape index (κ2) is 5.55. The van der Waals surface area contributed by atoms with Gasteiger partial charge in [-0.1, -0.05) is 6.92 Å². The Balaban J connectivity index is 1.86. The van der Waals surface area contributed by atoms with Crippen molar-refractivity contribution in [2.75, 3.05) is 26.2 Å². The maximum atomic E-state index is 11.1. The number of carbonyl (C=O) groups excluding carboxylic acids is 1. The lowest BCUT2D eigenvalue weighted by Crippen LogP contribution is -2.53. The first-order chi connectivity index (χ1) is 8.48. The zero-order valence-corrected chi connectivity index (χ0v) is 11.1. The molecule has 1 saturated heterocycles. The Morgan fingerprint density at radius 2 is 2.17 bits per heavy atom. The van der Waals surface area contributed by atoms with Crippen molar-refractivity contribution in [3.8, 4) is 0 Å². The van der Waals surface area contributed by atoms with Gasteiger partial charge in [0.1, 0.15) is 6.10 Å². The molecule has 0 aromatic rings. The van der Waals surface area contributed by atoms with E-state index in [4.69, 9.17) is 10.5 Å². The summed E-state index contributed by atoms with van der Waals surface area (Å²) in [6, 6.07) is 0. The number of aliphatic hydroxyl groups is 1. The van der Waals surface area contributed by atoms with E-state index in [0.29, 0.717) is 25.6 Å². The zero-order chi connectivity index (χ0) is 13.2. The first-order valence-corrected chi connectivity index (χ1v) is 6.84. The van der Waals surface area contributed by atoms with E-state index >= 15 is 0 Å². The molecule has 2 fully saturated rings. The van der Waals surface area contributed by atoms with E-state index in [1.54, 1.807) is 0 Å². The maximum absolute atomic E-state index is 11.1. The highest BCUT2D eigenvalue weighted by molar-refractivity contribution is 5.79. The first kappa shape index (κ1) is 13.8. The van der Waals surface area contributed by atoms with Gasteiger partial charge in [0.15, 0.2) is 0 Å². The molecule has 1 heterocycles. The van der Waals surface area contributed by atoms with Gasteiger partial charge in [0.2, 0.25) is 5.91 Å². The summed E-state index contributed by atoms with van der Waals surface area (Å²) in [6.07, 6.45) is 3.35. The molecular formula is C13H24N2O3. The molecule has 5 nitrogen and oxygen atoms in total. The summed E-state index contributed by atoms with van der Waals surface area (Å²) in [6.45, 7) is 4.65. The van der Waals surface area contributed by atoms with E-state index in [2.05, 4.69) is 11.8 Å². The van der Waals surface area contributed by atoms with Crippen LogP contribution < -0.4 is 5.73 Å². The molecule has 5 heteroatoms. The van der Waals surface area contributed by atoms with Crippen LogP contribution in [-0.2, 0) is 9.53 Å². The third-order valence-electron chi connectivity index (χ3n) is 4.19. The number of hydrogen-bond acceptors (Lipinski definition) is 4. The number of rotatable bonds is 3. The zero-order valence-electron chi connectivity index (χ0n) is 11.1. The van der Waals surface area contributed by atoms with E-state index in [1.165, 1.54) is 0 Å². The molecule has 1 saturated carbocycles. The molecule has 18 heavy (non-hydrogen) atoms. The molecule has 1 unspecified atom stereocenters. The van der Waals surface area contributed by atoms with Gasteiger partial charge in [-0.15, -0.1) is 0 Å². The highest BCUT2D eigenvalue weighted by Gasteiger charge is 2.35. The van der Waals surface area contributed by atoms with Gasteiger partial charge in [0.05, 0.1) is 12.2 Å². The number of β-amino-alcohol motifs (C(OH)–C–C–N with tert-alkyl or cyclic N) is 1. The van der Waals surface area contributed by atoms with Crippen LogP contribution in [0.25, 0.3) is 0 Å². The van der Waals surface area contributed by atoms with Gasteiger partial charge < -0.3 is 15.6 Å². The fourth-order valence-corrected chi connectivity index (χ4v) is 2.89. The Morgan fingerprint density at radius 3 is 2.78 bits per heavy atom. The smallest absolute Gasteiger partial charge is 0.247 e. The lowest BCUT2D eigenvalue weighted by molar-refractivity contribution is -0.138. The third kappa shape index (κ3) is 3.43. The molecule has 3 N–H and O–H groups in total. The number of morpholine rings is 1. The molecule has 104 valence electrons. The summed E-state index contributed by atoms with van der Waals surface area (Å²) in [5, 5.41) is 10.6. The summed E-state index contributed by atoms with van der Waals surface area (Å²) in [7, 11) is 0. The summed E-state index contributed by atoms with van der Waals surface area (Å²) in [5.41, 5.74) is 4.67. The van der Waals surface area contributed by atoms with Crippen LogP contribution in [0.3, 0.4) is 0 Å². The van der Waals surface area contributed by atoms with Crippen molar-refractivity contribution in [3.05, 3.63) is 0 Å². The van der Waals surface area contributed by atoms with E-state index in [-0.39, 0.29) is 0 Å². The molecule has 1 aliphatic heterocycles. The van der Waals surface area contributed by atoms with E-state index in [1.807, 2.05) is 0 Å². The second-order valence-corrected chi connectivity index (χ2v) is 5.90. The van der Waals surface area contributed by atoms with Crippen molar-refractivity contribution in [3.63, 3.8) is 0 Å². The molecule has 0 bridgehead atoms. The van der Waals surface area contributed by atoms with Gasteiger partial charge in [0.25, 0.3) is 0 Å². The van der Waals surface area contributed by atoms with Crippen molar-refractivity contribution in [2.24, 2.45) is 11.7 Å². The van der Waals surface area contributed by atoms with Gasteiger partial charge in [0, 0.05) is 19.6 Å². The SMILES string of the molecule is CC1CCC(O)(CN2CCOC(C(N)=O)C2)CC1. The van der Waals surface area contributed by atoms with Gasteiger partial charge in [-0.05, 0) is 31.6 Å². The maximum Gasteiger partial charge on any atom is 0.247 e. The summed E-state index contributed by atoms with van der Waals surface area (Å²) in [5.74, 6) is 0.303. The minimum absolute atomic E-state index is 0.413. The Hall–Kier alpha value is -0.650. The van der Waals surface area contributed by atoms with Crippen molar-refractivity contribution in [1.29, 1.82) is 0 Å². The minimum atomic E-state index is -0.591. The number of hydrogen-bond donors (Lipinski definition) is 2. The average molecular weight is 256 g/mol. The predicted molar refractivity (Wildman–Crippen MR) is 68.0 cm³/mol. The minimum Gasteiger partial charge on any atom is -0.389 e. The summed E-state index contributed by atoms with van der Waals surface area (Å²) in [4.78, 5) is 13.2. The number of amides is 1. The first-order valence-electron chi connectivity index (χ1n) is 6.84. The second-order valence-electron chi connectivity index (χ2n) is 5.90. The molecule has 0 aromatic carbocycles. The Morgan fingerprint density at radius 1 is 1.50 bits per heavy atom. The van der Waals surface area contributed by atoms with Crippen molar-refractivity contribution < 1.29 is 14.6 Å². The number of nitrogens with two attached hydrogens (primary N) is 1. The van der Waals surface area contributed by atoms with Gasteiger partial charge in [-0.2, -0.15) is 0 Å². The monoisotopic (exact) mass is 256 g/mol. The Labute approximate surface area is 108 Å². The van der Waals surface area contributed by atoms with Crippen LogP contribution in [0.2, 0.25) is 0 Å². The molecule has 0 aromatic heterocycles. The lowest BCUT2D eigenvalue weighted by Gasteiger charge is -2.41. The number of nitrogens with zero attached hydrogens (tertiary/aromatic N) is 1. The van der Waals surface area contributed by atoms with Crippen LogP contribution >= 0.6 is 0 Å². The molecule has 1 atom stereocenters. The highest BCUT2D eigenvalue weighted by atomic mass is 16.5. The topological polar surface area (TPSA) is 75.8 Å². The quantitative estimate of drug-likeness (QED) is 0.751. The van der Waals surface area contributed by atoms with Crippen LogP contribution in [0.15, 0.2) is 0 Å². The van der Waals surface area contributed by atoms with Crippen LogP contribution in [0.1, 0.15) is 32.6 Å². The van der Waals surface area contributed by atoms with Gasteiger partial charge in [-0.3, -0.25) is 9.69 Å². The predicted octanol–water partition coefficient (Wildman–Crippen LogP) is 0.114. The number of ether oxygens (including phenoxy) is 1. The van der Waals surface area contributed by atoms with Crippen molar-refractivity contribution in [1.82, 2.24) is 4.90 Å². The normalized spacial score (nSPS) is 38.6. The molecule has 2 aliphatic rings. The fourth-order valence-electron chi connectivity index (χ4n) is 2.89.